The van der Waals surface area contributed by atoms with Crippen molar-refractivity contribution in [1.29, 1.82) is 0 Å². The second-order valence-corrected chi connectivity index (χ2v) is 7.73. The molecule has 5 heteroatoms. The van der Waals surface area contributed by atoms with Crippen LogP contribution < -0.4 is 5.73 Å². The molecule has 1 unspecified atom stereocenters. The molecule has 3 aromatic rings. The third-order valence-electron chi connectivity index (χ3n) is 2.94. The minimum absolute atomic E-state index is 0.0332. The number of aromatic nitrogens is 1. The molecule has 0 radical (unpaired) electrons. The van der Waals surface area contributed by atoms with Crippen molar-refractivity contribution < 1.29 is 0 Å². The summed E-state index contributed by atoms with van der Waals surface area (Å²) in [5.74, 6) is 0. The Labute approximate surface area is 134 Å². The van der Waals surface area contributed by atoms with Crippen LogP contribution in [0.2, 0.25) is 0 Å². The molecule has 0 saturated heterocycles. The standard InChI is InChI=1S/C15H13BrN2S2/c1-9(17)11-7-6-10(8-12(11)16)19-15-18-13-4-2-3-5-14(13)20-15/h2-9H,17H2,1H3. The lowest BCUT2D eigenvalue weighted by Crippen LogP contribution is -2.05. The average molecular weight is 365 g/mol. The molecular formula is C15H13BrN2S2. The largest absolute Gasteiger partial charge is 0.324 e. The predicted molar refractivity (Wildman–Crippen MR) is 90.5 cm³/mol. The molecule has 102 valence electrons. The molecule has 0 bridgehead atoms. The van der Waals surface area contributed by atoms with Crippen LogP contribution in [0.1, 0.15) is 18.5 Å². The average Bonchev–Trinajstić information content (AvgIpc) is 2.80. The Bertz CT molecular complexity index is 719. The third kappa shape index (κ3) is 2.91. The topological polar surface area (TPSA) is 38.9 Å². The van der Waals surface area contributed by atoms with Crippen molar-refractivity contribution >= 4 is 49.2 Å². The van der Waals surface area contributed by atoms with Crippen molar-refractivity contribution in [3.05, 3.63) is 52.5 Å². The molecule has 3 rings (SSSR count). The first-order chi connectivity index (χ1) is 9.63. The maximum Gasteiger partial charge on any atom is 0.155 e. The van der Waals surface area contributed by atoms with Gasteiger partial charge in [-0.25, -0.2) is 4.98 Å². The number of rotatable bonds is 3. The quantitative estimate of drug-likeness (QED) is 0.691. The first-order valence-corrected chi connectivity index (χ1v) is 8.64. The number of hydrogen-bond donors (Lipinski definition) is 1. The van der Waals surface area contributed by atoms with E-state index in [9.17, 15) is 0 Å². The SMILES string of the molecule is CC(N)c1ccc(Sc2nc3ccccc3s2)cc1Br. The molecule has 0 saturated carbocycles. The van der Waals surface area contributed by atoms with Crippen LogP contribution in [0.4, 0.5) is 0 Å². The summed E-state index contributed by atoms with van der Waals surface area (Å²) in [6.45, 7) is 1.99. The summed E-state index contributed by atoms with van der Waals surface area (Å²) >= 11 is 6.99. The molecule has 0 aliphatic heterocycles. The summed E-state index contributed by atoms with van der Waals surface area (Å²) in [7, 11) is 0. The molecule has 2 nitrogen and oxygen atoms in total. The summed E-state index contributed by atoms with van der Waals surface area (Å²) in [6.07, 6.45) is 0. The summed E-state index contributed by atoms with van der Waals surface area (Å²) < 4.78 is 3.34. The van der Waals surface area contributed by atoms with Crippen LogP contribution in [0, 0.1) is 0 Å². The lowest BCUT2D eigenvalue weighted by molar-refractivity contribution is 0.811. The summed E-state index contributed by atoms with van der Waals surface area (Å²) in [4.78, 5) is 5.80. The van der Waals surface area contributed by atoms with Gasteiger partial charge < -0.3 is 5.73 Å². The highest BCUT2D eigenvalue weighted by molar-refractivity contribution is 9.10. The van der Waals surface area contributed by atoms with E-state index in [0.717, 1.165) is 19.9 Å². The van der Waals surface area contributed by atoms with Crippen LogP contribution in [-0.4, -0.2) is 4.98 Å². The number of thiazole rings is 1. The van der Waals surface area contributed by atoms with Gasteiger partial charge in [0.15, 0.2) is 4.34 Å². The monoisotopic (exact) mass is 364 g/mol. The van der Waals surface area contributed by atoms with Crippen LogP contribution in [0.5, 0.6) is 0 Å². The van der Waals surface area contributed by atoms with E-state index in [1.54, 1.807) is 23.1 Å². The normalized spacial score (nSPS) is 12.8. The molecule has 2 aromatic carbocycles. The van der Waals surface area contributed by atoms with Crippen molar-refractivity contribution in [2.75, 3.05) is 0 Å². The summed E-state index contributed by atoms with van der Waals surface area (Å²) in [5, 5.41) is 0. The van der Waals surface area contributed by atoms with Crippen molar-refractivity contribution in [1.82, 2.24) is 4.98 Å². The smallest absolute Gasteiger partial charge is 0.155 e. The number of nitrogens with zero attached hydrogens (tertiary/aromatic N) is 1. The maximum atomic E-state index is 5.92. The summed E-state index contributed by atoms with van der Waals surface area (Å²) in [5.41, 5.74) is 8.11. The van der Waals surface area contributed by atoms with Gasteiger partial charge in [-0.15, -0.1) is 11.3 Å². The predicted octanol–water partition coefficient (Wildman–Crippen LogP) is 5.23. The Morgan fingerprint density at radius 2 is 2.05 bits per heavy atom. The lowest BCUT2D eigenvalue weighted by Gasteiger charge is -2.09. The number of nitrogens with two attached hydrogens (primary N) is 1. The first kappa shape index (κ1) is 14.1. The zero-order valence-corrected chi connectivity index (χ0v) is 14.1. The van der Waals surface area contributed by atoms with Crippen molar-refractivity contribution in [3.63, 3.8) is 0 Å². The Kier molecular flexibility index (Phi) is 4.12. The second-order valence-electron chi connectivity index (χ2n) is 4.52. The minimum Gasteiger partial charge on any atom is -0.324 e. The fraction of sp³-hybridized carbons (Fsp3) is 0.133. The van der Waals surface area contributed by atoms with E-state index in [-0.39, 0.29) is 6.04 Å². The van der Waals surface area contributed by atoms with Gasteiger partial charge in [-0.1, -0.05) is 45.9 Å². The van der Waals surface area contributed by atoms with Crippen molar-refractivity contribution in [3.8, 4) is 0 Å². The molecular weight excluding hydrogens is 352 g/mol. The van der Waals surface area contributed by atoms with Gasteiger partial charge >= 0.3 is 0 Å². The van der Waals surface area contributed by atoms with Gasteiger partial charge in [0.25, 0.3) is 0 Å². The van der Waals surface area contributed by atoms with Gasteiger partial charge in [0, 0.05) is 15.4 Å². The molecule has 20 heavy (non-hydrogen) atoms. The fourth-order valence-electron chi connectivity index (χ4n) is 1.94. The number of fused-ring (bicyclic) bond motifs is 1. The van der Waals surface area contributed by atoms with Crippen LogP contribution in [0.3, 0.4) is 0 Å². The highest BCUT2D eigenvalue weighted by Gasteiger charge is 2.09. The van der Waals surface area contributed by atoms with E-state index in [2.05, 4.69) is 45.2 Å². The van der Waals surface area contributed by atoms with Gasteiger partial charge in [-0.2, -0.15) is 0 Å². The Morgan fingerprint density at radius 3 is 2.75 bits per heavy atom. The molecule has 0 fully saturated rings. The molecule has 1 heterocycles. The molecule has 1 atom stereocenters. The Hall–Kier alpha value is -0.880. The van der Waals surface area contributed by atoms with Gasteiger partial charge in [-0.3, -0.25) is 0 Å². The zero-order chi connectivity index (χ0) is 14.1. The van der Waals surface area contributed by atoms with E-state index in [4.69, 9.17) is 5.73 Å². The molecule has 1 aromatic heterocycles. The molecule has 0 amide bonds. The van der Waals surface area contributed by atoms with Crippen LogP contribution >= 0.6 is 39.0 Å². The summed E-state index contributed by atoms with van der Waals surface area (Å²) in [6, 6.07) is 14.5. The number of para-hydroxylation sites is 1. The second kappa shape index (κ2) is 5.85. The Balaban J connectivity index is 1.89. The molecule has 0 aliphatic rings. The van der Waals surface area contributed by atoms with E-state index in [1.807, 2.05) is 25.1 Å². The first-order valence-electron chi connectivity index (χ1n) is 6.22. The van der Waals surface area contributed by atoms with E-state index >= 15 is 0 Å². The van der Waals surface area contributed by atoms with Gasteiger partial charge in [0.2, 0.25) is 0 Å². The van der Waals surface area contributed by atoms with Crippen LogP contribution in [0.25, 0.3) is 10.2 Å². The number of benzene rings is 2. The number of halogens is 1. The zero-order valence-electron chi connectivity index (χ0n) is 10.8. The van der Waals surface area contributed by atoms with E-state index < -0.39 is 0 Å². The van der Waals surface area contributed by atoms with Gasteiger partial charge in [-0.05, 0) is 36.8 Å². The van der Waals surface area contributed by atoms with E-state index in [1.165, 1.54) is 9.60 Å². The lowest BCUT2D eigenvalue weighted by atomic mass is 10.1. The van der Waals surface area contributed by atoms with Gasteiger partial charge in [0.1, 0.15) is 0 Å². The minimum atomic E-state index is 0.0332. The molecule has 0 spiro atoms. The highest BCUT2D eigenvalue weighted by atomic mass is 79.9. The van der Waals surface area contributed by atoms with Crippen LogP contribution in [0.15, 0.2) is 56.2 Å². The third-order valence-corrected chi connectivity index (χ3v) is 5.72. The van der Waals surface area contributed by atoms with Crippen molar-refractivity contribution in [2.45, 2.75) is 22.2 Å². The van der Waals surface area contributed by atoms with Crippen LogP contribution in [-0.2, 0) is 0 Å². The fourth-order valence-corrected chi connectivity index (χ4v) is 4.91. The van der Waals surface area contributed by atoms with E-state index in [0.29, 0.717) is 0 Å². The Morgan fingerprint density at radius 1 is 1.25 bits per heavy atom. The van der Waals surface area contributed by atoms with Crippen molar-refractivity contribution in [2.24, 2.45) is 5.73 Å². The highest BCUT2D eigenvalue weighted by Crippen LogP contribution is 2.36. The maximum absolute atomic E-state index is 5.92. The molecule has 2 N–H and O–H groups in total. The van der Waals surface area contributed by atoms with Gasteiger partial charge in [0.05, 0.1) is 10.2 Å². The molecule has 0 aliphatic carbocycles. The number of hydrogen-bond acceptors (Lipinski definition) is 4.